The van der Waals surface area contributed by atoms with Gasteiger partial charge in [0, 0.05) is 13.1 Å². The third kappa shape index (κ3) is 4.73. The summed E-state index contributed by atoms with van der Waals surface area (Å²) in [4.78, 5) is 14.5. The predicted octanol–water partition coefficient (Wildman–Crippen LogP) is 3.10. The van der Waals surface area contributed by atoms with Crippen molar-refractivity contribution in [1.29, 1.82) is 0 Å². The first-order valence-corrected chi connectivity index (χ1v) is 8.69. The van der Waals surface area contributed by atoms with Gasteiger partial charge in [-0.25, -0.2) is 0 Å². The number of hydrogen-bond acceptors (Lipinski definition) is 4. The van der Waals surface area contributed by atoms with E-state index in [0.717, 1.165) is 30.9 Å². The van der Waals surface area contributed by atoms with Crippen molar-refractivity contribution in [3.05, 3.63) is 54.1 Å². The van der Waals surface area contributed by atoms with Crippen molar-refractivity contribution in [2.45, 2.75) is 13.3 Å². The van der Waals surface area contributed by atoms with Crippen LogP contribution >= 0.6 is 0 Å². The Kier molecular flexibility index (Phi) is 5.90. The number of nitrogens with one attached hydrogen (secondary N) is 1. The Balaban J connectivity index is 1.58. The highest BCUT2D eigenvalue weighted by atomic mass is 16.5. The Morgan fingerprint density at radius 3 is 2.56 bits per heavy atom. The van der Waals surface area contributed by atoms with E-state index in [-0.39, 0.29) is 12.5 Å². The van der Waals surface area contributed by atoms with Gasteiger partial charge in [-0.15, -0.1) is 0 Å². The Labute approximate surface area is 148 Å². The number of morpholine rings is 1. The third-order valence-corrected chi connectivity index (χ3v) is 4.23. The van der Waals surface area contributed by atoms with Crippen molar-refractivity contribution in [3.63, 3.8) is 0 Å². The Morgan fingerprint density at radius 2 is 1.84 bits per heavy atom. The van der Waals surface area contributed by atoms with Gasteiger partial charge >= 0.3 is 0 Å². The van der Waals surface area contributed by atoms with Crippen molar-refractivity contribution in [2.24, 2.45) is 0 Å². The van der Waals surface area contributed by atoms with E-state index in [9.17, 15) is 4.79 Å². The molecule has 0 atom stereocenters. The van der Waals surface area contributed by atoms with Crippen LogP contribution in [-0.4, -0.2) is 38.8 Å². The van der Waals surface area contributed by atoms with Crippen LogP contribution in [0.1, 0.15) is 12.5 Å². The molecule has 2 aromatic rings. The van der Waals surface area contributed by atoms with Crippen LogP contribution in [0.3, 0.4) is 0 Å². The molecule has 1 fully saturated rings. The topological polar surface area (TPSA) is 50.8 Å². The van der Waals surface area contributed by atoms with E-state index in [1.807, 2.05) is 48.5 Å². The molecule has 0 aliphatic carbocycles. The average Bonchev–Trinajstić information content (AvgIpc) is 2.68. The van der Waals surface area contributed by atoms with Crippen LogP contribution in [-0.2, 0) is 16.0 Å². The summed E-state index contributed by atoms with van der Waals surface area (Å²) in [6, 6.07) is 15.7. The standard InChI is InChI=1S/C20H24N2O3/c1-2-16-7-9-17(10-8-16)25-15-20(23)21-18-5-3-4-6-19(18)22-11-13-24-14-12-22/h3-10H,2,11-15H2,1H3,(H,21,23). The number of nitrogens with zero attached hydrogens (tertiary/aromatic N) is 1. The van der Waals surface area contributed by atoms with E-state index in [1.54, 1.807) is 0 Å². The first-order chi connectivity index (χ1) is 12.3. The van der Waals surface area contributed by atoms with Gasteiger partial charge in [0.15, 0.2) is 6.61 Å². The second-order valence-corrected chi connectivity index (χ2v) is 5.95. The fourth-order valence-electron chi connectivity index (χ4n) is 2.82. The summed E-state index contributed by atoms with van der Waals surface area (Å²) in [7, 11) is 0. The van der Waals surface area contributed by atoms with Crippen molar-refractivity contribution in [2.75, 3.05) is 43.1 Å². The lowest BCUT2D eigenvalue weighted by Gasteiger charge is -2.30. The molecular formula is C20H24N2O3. The number of rotatable bonds is 6. The van der Waals surface area contributed by atoms with Crippen LogP contribution in [0.5, 0.6) is 5.75 Å². The first kappa shape index (κ1) is 17.3. The summed E-state index contributed by atoms with van der Waals surface area (Å²) in [6.07, 6.45) is 0.985. The SMILES string of the molecule is CCc1ccc(OCC(=O)Nc2ccccc2N2CCOCC2)cc1. The molecule has 1 aliphatic heterocycles. The van der Waals surface area contributed by atoms with E-state index in [0.29, 0.717) is 19.0 Å². The van der Waals surface area contributed by atoms with Gasteiger partial charge in [0.25, 0.3) is 5.91 Å². The van der Waals surface area contributed by atoms with Crippen molar-refractivity contribution < 1.29 is 14.3 Å². The largest absolute Gasteiger partial charge is 0.484 e. The Morgan fingerprint density at radius 1 is 1.12 bits per heavy atom. The van der Waals surface area contributed by atoms with E-state index in [1.165, 1.54) is 5.56 Å². The fourth-order valence-corrected chi connectivity index (χ4v) is 2.82. The number of amides is 1. The molecule has 3 rings (SSSR count). The third-order valence-electron chi connectivity index (χ3n) is 4.23. The molecule has 25 heavy (non-hydrogen) atoms. The molecule has 2 aromatic carbocycles. The van der Waals surface area contributed by atoms with E-state index >= 15 is 0 Å². The number of para-hydroxylation sites is 2. The molecule has 1 amide bonds. The number of benzene rings is 2. The molecule has 1 saturated heterocycles. The highest BCUT2D eigenvalue weighted by Crippen LogP contribution is 2.26. The van der Waals surface area contributed by atoms with Gasteiger partial charge in [-0.05, 0) is 36.2 Å². The van der Waals surface area contributed by atoms with Gasteiger partial charge in [-0.3, -0.25) is 4.79 Å². The second-order valence-electron chi connectivity index (χ2n) is 5.95. The first-order valence-electron chi connectivity index (χ1n) is 8.69. The van der Waals surface area contributed by atoms with Crippen molar-refractivity contribution in [3.8, 4) is 5.75 Å². The number of aryl methyl sites for hydroxylation is 1. The number of anilines is 2. The molecule has 0 aromatic heterocycles. The van der Waals surface area contributed by atoms with Crippen LogP contribution in [0.4, 0.5) is 11.4 Å². The van der Waals surface area contributed by atoms with E-state index < -0.39 is 0 Å². The molecule has 0 radical (unpaired) electrons. The van der Waals surface area contributed by atoms with E-state index in [4.69, 9.17) is 9.47 Å². The smallest absolute Gasteiger partial charge is 0.262 e. The van der Waals surface area contributed by atoms with Crippen LogP contribution in [0.15, 0.2) is 48.5 Å². The molecule has 1 aliphatic rings. The number of carbonyl (C=O) groups is 1. The van der Waals surface area contributed by atoms with Gasteiger partial charge in [0.1, 0.15) is 5.75 Å². The molecule has 1 heterocycles. The highest BCUT2D eigenvalue weighted by molar-refractivity contribution is 5.95. The summed E-state index contributed by atoms with van der Waals surface area (Å²) in [6.45, 7) is 5.16. The van der Waals surface area contributed by atoms with Gasteiger partial charge < -0.3 is 19.7 Å². The zero-order valence-corrected chi connectivity index (χ0v) is 14.5. The molecule has 5 heteroatoms. The molecule has 132 valence electrons. The maximum Gasteiger partial charge on any atom is 0.262 e. The van der Waals surface area contributed by atoms with Gasteiger partial charge in [0.2, 0.25) is 0 Å². The lowest BCUT2D eigenvalue weighted by Crippen LogP contribution is -2.36. The van der Waals surface area contributed by atoms with Crippen LogP contribution < -0.4 is 15.0 Å². The minimum Gasteiger partial charge on any atom is -0.484 e. The van der Waals surface area contributed by atoms with E-state index in [2.05, 4.69) is 17.1 Å². The maximum absolute atomic E-state index is 12.3. The average molecular weight is 340 g/mol. The lowest BCUT2D eigenvalue weighted by atomic mass is 10.2. The maximum atomic E-state index is 12.3. The van der Waals surface area contributed by atoms with Crippen LogP contribution in [0.25, 0.3) is 0 Å². The number of ether oxygens (including phenoxy) is 2. The molecule has 5 nitrogen and oxygen atoms in total. The summed E-state index contributed by atoms with van der Waals surface area (Å²) in [5.74, 6) is 0.536. The van der Waals surface area contributed by atoms with Gasteiger partial charge in [-0.1, -0.05) is 31.2 Å². The molecule has 0 unspecified atom stereocenters. The quantitative estimate of drug-likeness (QED) is 0.878. The Hall–Kier alpha value is -2.53. The second kappa shape index (κ2) is 8.53. The zero-order valence-electron chi connectivity index (χ0n) is 14.5. The van der Waals surface area contributed by atoms with Gasteiger partial charge in [0.05, 0.1) is 24.6 Å². The monoisotopic (exact) mass is 340 g/mol. The number of carbonyl (C=O) groups excluding carboxylic acids is 1. The summed E-state index contributed by atoms with van der Waals surface area (Å²) >= 11 is 0. The molecule has 1 N–H and O–H groups in total. The summed E-state index contributed by atoms with van der Waals surface area (Å²) in [5, 5.41) is 2.95. The van der Waals surface area contributed by atoms with Crippen molar-refractivity contribution >= 4 is 17.3 Å². The predicted molar refractivity (Wildman–Crippen MR) is 99.4 cm³/mol. The van der Waals surface area contributed by atoms with Crippen LogP contribution in [0, 0.1) is 0 Å². The molecule has 0 bridgehead atoms. The van der Waals surface area contributed by atoms with Crippen LogP contribution in [0.2, 0.25) is 0 Å². The highest BCUT2D eigenvalue weighted by Gasteiger charge is 2.15. The minimum absolute atomic E-state index is 0.0110. The minimum atomic E-state index is -0.166. The summed E-state index contributed by atoms with van der Waals surface area (Å²) in [5.41, 5.74) is 3.07. The zero-order chi connectivity index (χ0) is 17.5. The molecule has 0 spiro atoms. The molecule has 0 saturated carbocycles. The normalized spacial score (nSPS) is 14.2. The van der Waals surface area contributed by atoms with Gasteiger partial charge in [-0.2, -0.15) is 0 Å². The Bertz CT molecular complexity index is 694. The molecular weight excluding hydrogens is 316 g/mol. The summed E-state index contributed by atoms with van der Waals surface area (Å²) < 4.78 is 11.0. The fraction of sp³-hybridized carbons (Fsp3) is 0.350. The number of hydrogen-bond donors (Lipinski definition) is 1. The van der Waals surface area contributed by atoms with Crippen molar-refractivity contribution in [1.82, 2.24) is 0 Å². The lowest BCUT2D eigenvalue weighted by molar-refractivity contribution is -0.118.